The van der Waals surface area contributed by atoms with Gasteiger partial charge in [-0.2, -0.15) is 4.98 Å². The quantitative estimate of drug-likeness (QED) is 0.312. The Hall–Kier alpha value is -4.60. The molecular weight excluding hydrogens is 482 g/mol. The maximum atomic E-state index is 13.3. The molecule has 0 radical (unpaired) electrons. The Kier molecular flexibility index (Phi) is 5.13. The third-order valence-corrected chi connectivity index (χ3v) is 7.18. The summed E-state index contributed by atoms with van der Waals surface area (Å²) in [6.45, 7) is 10.3. The summed E-state index contributed by atoms with van der Waals surface area (Å²) >= 11 is 0. The molecule has 2 amide bonds. The van der Waals surface area contributed by atoms with Gasteiger partial charge in [-0.1, -0.05) is 32.9 Å². The molecule has 2 N–H and O–H groups in total. The Bertz CT molecular complexity index is 1720. The first-order chi connectivity index (χ1) is 18.1. The van der Waals surface area contributed by atoms with Crippen LogP contribution in [-0.2, 0) is 22.2 Å². The lowest BCUT2D eigenvalue weighted by Crippen LogP contribution is -2.44. The van der Waals surface area contributed by atoms with Crippen molar-refractivity contribution in [3.05, 3.63) is 82.6 Å². The molecule has 1 aliphatic carbocycles. The van der Waals surface area contributed by atoms with Gasteiger partial charge in [0.25, 0.3) is 11.5 Å². The minimum Gasteiger partial charge on any atom is -0.324 e. The fourth-order valence-corrected chi connectivity index (χ4v) is 4.99. The largest absolute Gasteiger partial charge is 0.324 e. The number of carbonyl (C=O) groups is 2. The van der Waals surface area contributed by atoms with Gasteiger partial charge in [0.05, 0.1) is 17.6 Å². The number of hydrogen-bond donors (Lipinski definition) is 2. The average Bonchev–Trinajstić information content (AvgIpc) is 3.64. The van der Waals surface area contributed by atoms with E-state index < -0.39 is 11.3 Å². The molecule has 0 saturated heterocycles. The molecule has 0 bridgehead atoms. The number of amides is 2. The number of imide groups is 1. The minimum atomic E-state index is -0.586. The molecule has 10 heteroatoms. The number of carbonyl (C=O) groups excluding carboxylic acids is 2. The van der Waals surface area contributed by atoms with Crippen molar-refractivity contribution in [1.29, 1.82) is 0 Å². The van der Waals surface area contributed by atoms with E-state index in [0.717, 1.165) is 29.8 Å². The Morgan fingerprint density at radius 3 is 2.63 bits per heavy atom. The zero-order valence-corrected chi connectivity index (χ0v) is 21.4. The molecule has 1 aliphatic heterocycles. The summed E-state index contributed by atoms with van der Waals surface area (Å²) < 4.78 is 3.32. The predicted molar refractivity (Wildman–Crippen MR) is 143 cm³/mol. The Labute approximate surface area is 218 Å². The number of rotatable bonds is 5. The van der Waals surface area contributed by atoms with Crippen LogP contribution >= 0.6 is 0 Å². The third-order valence-electron chi connectivity index (χ3n) is 7.18. The molecule has 2 aliphatic rings. The van der Waals surface area contributed by atoms with Crippen LogP contribution in [0.4, 0.5) is 11.6 Å². The molecule has 1 saturated carbocycles. The van der Waals surface area contributed by atoms with Crippen LogP contribution in [0.1, 0.15) is 55.2 Å². The average molecular weight is 510 g/mol. The fraction of sp³-hybridized carbons (Fsp3) is 0.286. The van der Waals surface area contributed by atoms with Gasteiger partial charge in [-0.05, 0) is 42.7 Å². The summed E-state index contributed by atoms with van der Waals surface area (Å²) in [4.78, 5) is 51.7. The second-order valence-corrected chi connectivity index (χ2v) is 10.8. The molecule has 4 heterocycles. The smallest absolute Gasteiger partial charge is 0.278 e. The topological polar surface area (TPSA) is 124 Å². The fourth-order valence-electron chi connectivity index (χ4n) is 4.99. The summed E-state index contributed by atoms with van der Waals surface area (Å²) in [5, 5.41) is 6.00. The molecule has 10 nitrogen and oxygen atoms in total. The van der Waals surface area contributed by atoms with Gasteiger partial charge >= 0.3 is 0 Å². The minimum absolute atomic E-state index is 0.188. The summed E-state index contributed by atoms with van der Waals surface area (Å²) in [5.74, 6) is -0.372. The number of aromatic nitrogens is 5. The van der Waals surface area contributed by atoms with Gasteiger partial charge in [0.15, 0.2) is 5.65 Å². The molecule has 3 aromatic heterocycles. The lowest BCUT2D eigenvalue weighted by Gasteiger charge is -2.24. The molecule has 192 valence electrons. The Morgan fingerprint density at radius 1 is 1.13 bits per heavy atom. The molecule has 1 fully saturated rings. The highest BCUT2D eigenvalue weighted by atomic mass is 16.2. The van der Waals surface area contributed by atoms with E-state index in [1.807, 2.05) is 24.3 Å². The van der Waals surface area contributed by atoms with Gasteiger partial charge in [-0.25, -0.2) is 14.3 Å². The number of benzene rings is 1. The number of fused-ring (bicyclic) bond motifs is 3. The van der Waals surface area contributed by atoms with E-state index in [4.69, 9.17) is 4.98 Å². The van der Waals surface area contributed by atoms with Gasteiger partial charge in [0, 0.05) is 34.8 Å². The molecular formula is C28H27N7O3. The van der Waals surface area contributed by atoms with Gasteiger partial charge in [-0.3, -0.25) is 24.7 Å². The van der Waals surface area contributed by atoms with E-state index in [0.29, 0.717) is 22.3 Å². The maximum Gasteiger partial charge on any atom is 0.278 e. The molecule has 1 aromatic carbocycles. The van der Waals surface area contributed by atoms with Gasteiger partial charge in [0.1, 0.15) is 5.39 Å². The van der Waals surface area contributed by atoms with Crippen LogP contribution in [0.15, 0.2) is 60.2 Å². The first-order valence-corrected chi connectivity index (χ1v) is 12.5. The number of pyridine rings is 1. The molecule has 38 heavy (non-hydrogen) atoms. The molecule has 6 rings (SSSR count). The monoisotopic (exact) mass is 509 g/mol. The van der Waals surface area contributed by atoms with E-state index in [1.54, 1.807) is 27.7 Å². The van der Waals surface area contributed by atoms with Crippen LogP contribution in [0.3, 0.4) is 0 Å². The summed E-state index contributed by atoms with van der Waals surface area (Å²) in [5.41, 5.74) is 2.87. The summed E-state index contributed by atoms with van der Waals surface area (Å²) in [7, 11) is 0. The zero-order valence-electron chi connectivity index (χ0n) is 21.4. The van der Waals surface area contributed by atoms with E-state index in [2.05, 4.69) is 48.0 Å². The first kappa shape index (κ1) is 23.8. The van der Waals surface area contributed by atoms with E-state index in [9.17, 15) is 14.4 Å². The van der Waals surface area contributed by atoms with Crippen molar-refractivity contribution in [3.8, 4) is 5.69 Å². The Morgan fingerprint density at radius 2 is 1.92 bits per heavy atom. The van der Waals surface area contributed by atoms with Crippen LogP contribution in [-0.4, -0.2) is 36.1 Å². The van der Waals surface area contributed by atoms with Crippen molar-refractivity contribution in [3.63, 3.8) is 0 Å². The second-order valence-electron chi connectivity index (χ2n) is 10.8. The first-order valence-electron chi connectivity index (χ1n) is 12.5. The van der Waals surface area contributed by atoms with E-state index in [1.165, 1.54) is 6.20 Å². The van der Waals surface area contributed by atoms with Gasteiger partial charge in [0.2, 0.25) is 11.9 Å². The molecule has 0 atom stereocenters. The van der Waals surface area contributed by atoms with Crippen molar-refractivity contribution in [2.45, 2.75) is 51.0 Å². The Balaban J connectivity index is 1.44. The van der Waals surface area contributed by atoms with Gasteiger partial charge in [-0.15, -0.1) is 6.58 Å². The van der Waals surface area contributed by atoms with Crippen LogP contribution in [0.5, 0.6) is 0 Å². The lowest BCUT2D eigenvalue weighted by atomic mass is 9.86. The van der Waals surface area contributed by atoms with Gasteiger partial charge < -0.3 is 5.32 Å². The van der Waals surface area contributed by atoms with Crippen molar-refractivity contribution in [2.75, 3.05) is 5.32 Å². The van der Waals surface area contributed by atoms with E-state index in [-0.39, 0.29) is 29.4 Å². The molecule has 1 spiro atoms. The second kappa shape index (κ2) is 8.20. The maximum absolute atomic E-state index is 13.3. The van der Waals surface area contributed by atoms with Crippen molar-refractivity contribution in [1.82, 2.24) is 29.6 Å². The van der Waals surface area contributed by atoms with Crippen molar-refractivity contribution in [2.24, 2.45) is 0 Å². The number of anilines is 2. The molecule has 0 unspecified atom stereocenters. The van der Waals surface area contributed by atoms with Crippen LogP contribution in [0.25, 0.3) is 16.7 Å². The highest BCUT2D eigenvalue weighted by Gasteiger charge is 2.55. The lowest BCUT2D eigenvalue weighted by molar-refractivity contribution is -0.122. The summed E-state index contributed by atoms with van der Waals surface area (Å²) in [6, 6.07) is 9.12. The van der Waals surface area contributed by atoms with Crippen molar-refractivity contribution < 1.29 is 9.59 Å². The molecule has 4 aromatic rings. The van der Waals surface area contributed by atoms with Crippen LogP contribution < -0.4 is 16.2 Å². The SMILES string of the molecule is C=CCn1c(=O)c2cnc(Nc3ccc4c(c3)C(=O)NC(=O)C43CC3)nc2n1-c1ccnc(C(C)(C)C)c1. The normalized spacial score (nSPS) is 15.9. The van der Waals surface area contributed by atoms with E-state index >= 15 is 0 Å². The zero-order chi connectivity index (χ0) is 26.8. The van der Waals surface area contributed by atoms with Crippen molar-refractivity contribution >= 4 is 34.5 Å². The number of hydrogen-bond acceptors (Lipinski definition) is 7. The number of allylic oxidation sites excluding steroid dienone is 1. The highest BCUT2D eigenvalue weighted by Crippen LogP contribution is 2.51. The van der Waals surface area contributed by atoms with Crippen LogP contribution in [0.2, 0.25) is 0 Å². The third kappa shape index (κ3) is 3.63. The highest BCUT2D eigenvalue weighted by molar-refractivity contribution is 6.14. The standard InChI is InChI=1S/C28H27N7O3/c1-5-12-34-24(37)19-15-30-26(32-22(19)35(34)17-8-11-29-21(14-17)27(2,3)4)31-16-6-7-20-18(13-16)23(36)33-25(38)28(20)9-10-28/h5-8,11,13-15H,1,9-10,12H2,2-4H3,(H,30,31,32)(H,33,36,38). The number of nitrogens with one attached hydrogen (secondary N) is 2. The number of nitrogens with zero attached hydrogens (tertiary/aromatic N) is 5. The van der Waals surface area contributed by atoms with Crippen LogP contribution in [0, 0.1) is 0 Å². The predicted octanol–water partition coefficient (Wildman–Crippen LogP) is 3.51. The summed E-state index contributed by atoms with van der Waals surface area (Å²) in [6.07, 6.45) is 6.34.